The predicted molar refractivity (Wildman–Crippen MR) is 128 cm³/mol. The van der Waals surface area contributed by atoms with Crippen LogP contribution in [0.4, 0.5) is 11.4 Å². The molecule has 1 aliphatic rings. The topological polar surface area (TPSA) is 36.8 Å². The largest absolute Gasteiger partial charge is 0.347 e. The van der Waals surface area contributed by atoms with E-state index in [2.05, 4.69) is 103 Å². The van der Waals surface area contributed by atoms with E-state index in [0.717, 1.165) is 35.0 Å². The van der Waals surface area contributed by atoms with Gasteiger partial charge in [-0.25, -0.2) is 4.99 Å². The minimum Gasteiger partial charge on any atom is -0.347 e. The molecule has 4 aromatic carbocycles. The smallest absolute Gasteiger partial charge is 0.112 e. The normalized spacial score (nSPS) is 16.8. The monoisotopic (exact) mass is 389 g/mol. The molecule has 1 N–H and O–H groups in total. The molecule has 5 rings (SSSR count). The maximum Gasteiger partial charge on any atom is 0.112 e. The van der Waals surface area contributed by atoms with Crippen molar-refractivity contribution in [1.29, 1.82) is 0 Å². The lowest BCUT2D eigenvalue weighted by Gasteiger charge is -2.18. The van der Waals surface area contributed by atoms with Gasteiger partial charge in [0, 0.05) is 12.1 Å². The number of nitrogens with one attached hydrogen (secondary N) is 1. The van der Waals surface area contributed by atoms with Crippen LogP contribution in [0.5, 0.6) is 0 Å². The average molecular weight is 390 g/mol. The van der Waals surface area contributed by atoms with E-state index in [1.54, 1.807) is 0 Å². The Kier molecular flexibility index (Phi) is 4.86. The summed E-state index contributed by atoms with van der Waals surface area (Å²) in [5.41, 5.74) is 4.10. The van der Waals surface area contributed by atoms with Gasteiger partial charge < -0.3 is 5.32 Å². The number of benzene rings is 4. The molecule has 0 radical (unpaired) electrons. The zero-order valence-corrected chi connectivity index (χ0v) is 17.0. The molecule has 3 heteroatoms. The molecule has 4 aromatic rings. The zero-order valence-electron chi connectivity index (χ0n) is 17.0. The second kappa shape index (κ2) is 7.96. The van der Waals surface area contributed by atoms with Gasteiger partial charge in [0.1, 0.15) is 5.84 Å². The fraction of sp³-hybridized carbons (Fsp3) is 0.111. The Morgan fingerprint density at radius 3 is 1.87 bits per heavy atom. The number of aliphatic imine (C=N–C) groups is 2. The van der Waals surface area contributed by atoms with Gasteiger partial charge >= 0.3 is 0 Å². The second-order valence-corrected chi connectivity index (χ2v) is 7.55. The summed E-state index contributed by atoms with van der Waals surface area (Å²) in [7, 11) is 0. The summed E-state index contributed by atoms with van der Waals surface area (Å²) >= 11 is 0. The predicted octanol–water partition coefficient (Wildman–Crippen LogP) is 7.08. The van der Waals surface area contributed by atoms with Crippen molar-refractivity contribution < 1.29 is 0 Å². The highest BCUT2D eigenvalue weighted by Crippen LogP contribution is 2.24. The summed E-state index contributed by atoms with van der Waals surface area (Å²) in [6.45, 7) is 2.14. The van der Waals surface area contributed by atoms with Gasteiger partial charge in [-0.1, -0.05) is 67.6 Å². The zero-order chi connectivity index (χ0) is 20.3. The minimum atomic E-state index is 0.684. The highest BCUT2D eigenvalue weighted by molar-refractivity contribution is 6.13. The molecule has 0 bridgehead atoms. The van der Waals surface area contributed by atoms with E-state index >= 15 is 0 Å². The molecule has 1 heterocycles. The van der Waals surface area contributed by atoms with Crippen LogP contribution >= 0.6 is 0 Å². The van der Waals surface area contributed by atoms with Crippen molar-refractivity contribution >= 4 is 44.5 Å². The van der Waals surface area contributed by atoms with Crippen LogP contribution in [0.15, 0.2) is 107 Å². The first-order valence-corrected chi connectivity index (χ1v) is 10.4. The molecule has 0 atom stereocenters. The summed E-state index contributed by atoms with van der Waals surface area (Å²) in [4.78, 5) is 9.82. The van der Waals surface area contributed by atoms with Crippen molar-refractivity contribution in [2.24, 2.45) is 9.98 Å². The molecule has 146 valence electrons. The van der Waals surface area contributed by atoms with Gasteiger partial charge in [-0.2, -0.15) is 0 Å². The second-order valence-electron chi connectivity index (χ2n) is 7.55. The van der Waals surface area contributed by atoms with Gasteiger partial charge in [0.05, 0.1) is 17.1 Å². The van der Waals surface area contributed by atoms with Gasteiger partial charge in [-0.05, 0) is 58.3 Å². The number of hydrogen-bond donors (Lipinski definition) is 1. The summed E-state index contributed by atoms with van der Waals surface area (Å²) in [5, 5.41) is 8.34. The average Bonchev–Trinajstić information content (AvgIpc) is 2.79. The van der Waals surface area contributed by atoms with Crippen molar-refractivity contribution in [2.45, 2.75) is 19.8 Å². The molecule has 0 aliphatic carbocycles. The van der Waals surface area contributed by atoms with Crippen LogP contribution in [0, 0.1) is 0 Å². The SMILES string of the molecule is CCC1=CC(=Nc2ccc3ccccc3c2)CC(=Nc2ccc3ccccc3c2)N1. The first kappa shape index (κ1) is 18.3. The molecule has 1 aliphatic heterocycles. The molecule has 0 saturated carbocycles. The molecule has 0 saturated heterocycles. The van der Waals surface area contributed by atoms with Gasteiger partial charge in [0.25, 0.3) is 0 Å². The molecule has 0 amide bonds. The van der Waals surface area contributed by atoms with Gasteiger partial charge in [-0.3, -0.25) is 4.99 Å². The Balaban J connectivity index is 1.48. The van der Waals surface area contributed by atoms with Crippen molar-refractivity contribution in [2.75, 3.05) is 0 Å². The lowest BCUT2D eigenvalue weighted by atomic mass is 10.1. The van der Waals surface area contributed by atoms with Crippen LogP contribution in [0.3, 0.4) is 0 Å². The van der Waals surface area contributed by atoms with Crippen molar-refractivity contribution in [3.05, 3.63) is 96.7 Å². The molecular weight excluding hydrogens is 366 g/mol. The highest BCUT2D eigenvalue weighted by Gasteiger charge is 2.13. The van der Waals surface area contributed by atoms with E-state index in [1.807, 2.05) is 0 Å². The van der Waals surface area contributed by atoms with Crippen LogP contribution < -0.4 is 5.32 Å². The third-order valence-electron chi connectivity index (χ3n) is 5.38. The molecular formula is C27H23N3. The van der Waals surface area contributed by atoms with Gasteiger partial charge in [0.2, 0.25) is 0 Å². The van der Waals surface area contributed by atoms with E-state index in [0.29, 0.717) is 6.42 Å². The summed E-state index contributed by atoms with van der Waals surface area (Å²) in [6.07, 6.45) is 3.74. The summed E-state index contributed by atoms with van der Waals surface area (Å²) in [6, 6.07) is 29.4. The Hall–Kier alpha value is -3.72. The molecule has 0 spiro atoms. The van der Waals surface area contributed by atoms with Crippen molar-refractivity contribution in [3.8, 4) is 0 Å². The van der Waals surface area contributed by atoms with Crippen LogP contribution in [-0.4, -0.2) is 11.5 Å². The maximum absolute atomic E-state index is 4.93. The van der Waals surface area contributed by atoms with Gasteiger partial charge in [-0.15, -0.1) is 0 Å². The van der Waals surface area contributed by atoms with Crippen LogP contribution in [0.2, 0.25) is 0 Å². The third-order valence-corrected chi connectivity index (χ3v) is 5.38. The summed E-state index contributed by atoms with van der Waals surface area (Å²) in [5.74, 6) is 0.934. The van der Waals surface area contributed by atoms with Crippen LogP contribution in [-0.2, 0) is 0 Å². The van der Waals surface area contributed by atoms with E-state index < -0.39 is 0 Å². The molecule has 0 unspecified atom stereocenters. The fourth-order valence-electron chi connectivity index (χ4n) is 3.83. The Bertz CT molecular complexity index is 1330. The van der Waals surface area contributed by atoms with E-state index in [9.17, 15) is 0 Å². The van der Waals surface area contributed by atoms with Crippen molar-refractivity contribution in [3.63, 3.8) is 0 Å². The van der Waals surface area contributed by atoms with E-state index in [1.165, 1.54) is 21.5 Å². The van der Waals surface area contributed by atoms with E-state index in [-0.39, 0.29) is 0 Å². The molecule has 30 heavy (non-hydrogen) atoms. The number of allylic oxidation sites excluding steroid dienone is 2. The Morgan fingerprint density at radius 2 is 1.27 bits per heavy atom. The lowest BCUT2D eigenvalue weighted by Crippen LogP contribution is -2.29. The molecule has 3 nitrogen and oxygen atoms in total. The minimum absolute atomic E-state index is 0.684. The molecule has 0 aromatic heterocycles. The lowest BCUT2D eigenvalue weighted by molar-refractivity contribution is 0.955. The first-order valence-electron chi connectivity index (χ1n) is 10.4. The number of hydrogen-bond acceptors (Lipinski definition) is 2. The number of fused-ring (bicyclic) bond motifs is 2. The van der Waals surface area contributed by atoms with E-state index in [4.69, 9.17) is 9.98 Å². The number of rotatable bonds is 3. The summed E-state index contributed by atoms with van der Waals surface area (Å²) < 4.78 is 0. The standard InChI is InChI=1S/C27H23N3/c1-2-23-17-26(28-24-13-11-19-7-3-5-9-21(19)15-24)18-27(29-23)30-25-14-12-20-8-4-6-10-22(20)16-25/h3-17H,2,18H2,1H3,(H,29,30). The third kappa shape index (κ3) is 3.87. The Morgan fingerprint density at radius 1 is 0.700 bits per heavy atom. The number of amidine groups is 1. The fourth-order valence-corrected chi connectivity index (χ4v) is 3.83. The van der Waals surface area contributed by atoms with Crippen molar-refractivity contribution in [1.82, 2.24) is 5.32 Å². The maximum atomic E-state index is 4.93. The van der Waals surface area contributed by atoms with Gasteiger partial charge in [0.15, 0.2) is 0 Å². The quantitative estimate of drug-likeness (QED) is 0.399. The Labute approximate surface area is 176 Å². The molecule has 0 fully saturated rings. The highest BCUT2D eigenvalue weighted by atomic mass is 15.0. The first-order chi connectivity index (χ1) is 14.8. The van der Waals surface area contributed by atoms with Crippen LogP contribution in [0.25, 0.3) is 21.5 Å². The number of nitrogens with zero attached hydrogens (tertiary/aromatic N) is 2. The van der Waals surface area contributed by atoms with Crippen LogP contribution in [0.1, 0.15) is 19.8 Å².